The average Bonchev–Trinajstić information content (AvgIpc) is 2.84. The largest absolute Gasteiger partial charge is 0.324 e. The normalized spacial score (nSPS) is 16.0. The van der Waals surface area contributed by atoms with Crippen molar-refractivity contribution in [2.75, 3.05) is 11.9 Å². The van der Waals surface area contributed by atoms with Gasteiger partial charge in [0.25, 0.3) is 5.91 Å². The van der Waals surface area contributed by atoms with Crippen molar-refractivity contribution in [3.8, 4) is 0 Å². The van der Waals surface area contributed by atoms with Crippen molar-refractivity contribution < 1.29 is 18.4 Å². The second-order valence-corrected chi connectivity index (χ2v) is 7.04. The number of halogens is 2. The third-order valence-corrected chi connectivity index (χ3v) is 4.92. The number of nitrogens with zero attached hydrogens (tertiary/aromatic N) is 1. The molecule has 29 heavy (non-hydrogen) atoms. The first-order valence-electron chi connectivity index (χ1n) is 9.15. The van der Waals surface area contributed by atoms with Gasteiger partial charge in [-0.3, -0.25) is 9.59 Å². The molecule has 0 radical (unpaired) electrons. The topological polar surface area (TPSA) is 49.4 Å². The van der Waals surface area contributed by atoms with Crippen LogP contribution in [0.2, 0.25) is 0 Å². The van der Waals surface area contributed by atoms with Crippen molar-refractivity contribution in [2.24, 2.45) is 0 Å². The number of nitrogens with one attached hydrogen (secondary N) is 1. The number of fused-ring (bicyclic) bond motifs is 1. The van der Waals surface area contributed by atoms with Crippen LogP contribution < -0.4 is 5.32 Å². The summed E-state index contributed by atoms with van der Waals surface area (Å²) < 4.78 is 27.6. The third-order valence-electron chi connectivity index (χ3n) is 4.92. The fraction of sp³-hybridized carbons (Fsp3) is 0.130. The molecule has 0 bridgehead atoms. The molecule has 0 aliphatic carbocycles. The molecule has 1 atom stereocenters. The molecule has 2 amide bonds. The van der Waals surface area contributed by atoms with Gasteiger partial charge in [0.05, 0.1) is 6.04 Å². The van der Waals surface area contributed by atoms with Crippen molar-refractivity contribution in [3.63, 3.8) is 0 Å². The smallest absolute Gasteiger partial charge is 0.255 e. The Morgan fingerprint density at radius 3 is 2.45 bits per heavy atom. The first-order chi connectivity index (χ1) is 13.9. The van der Waals surface area contributed by atoms with Crippen LogP contribution in [-0.2, 0) is 4.79 Å². The summed E-state index contributed by atoms with van der Waals surface area (Å²) in [6.45, 7) is 1.65. The molecule has 1 aliphatic heterocycles. The number of hydrogen-bond donors (Lipinski definition) is 1. The Morgan fingerprint density at radius 2 is 1.72 bits per heavy atom. The van der Waals surface area contributed by atoms with Crippen LogP contribution in [0, 0.1) is 18.6 Å². The number of carbonyl (C=O) groups excluding carboxylic acids is 2. The third kappa shape index (κ3) is 3.74. The van der Waals surface area contributed by atoms with E-state index in [-0.39, 0.29) is 18.4 Å². The molecule has 0 unspecified atom stereocenters. The first kappa shape index (κ1) is 18.8. The van der Waals surface area contributed by atoms with Gasteiger partial charge in [-0.15, -0.1) is 0 Å². The minimum Gasteiger partial charge on any atom is -0.324 e. The van der Waals surface area contributed by atoms with Gasteiger partial charge in [-0.2, -0.15) is 0 Å². The lowest BCUT2D eigenvalue weighted by atomic mass is 9.95. The monoisotopic (exact) mass is 392 g/mol. The van der Waals surface area contributed by atoms with Crippen LogP contribution in [0.3, 0.4) is 0 Å². The molecule has 146 valence electrons. The second kappa shape index (κ2) is 7.47. The lowest BCUT2D eigenvalue weighted by Gasteiger charge is -2.30. The zero-order chi connectivity index (χ0) is 20.5. The van der Waals surface area contributed by atoms with Gasteiger partial charge in [0.2, 0.25) is 5.91 Å². The zero-order valence-corrected chi connectivity index (χ0v) is 15.7. The van der Waals surface area contributed by atoms with Gasteiger partial charge in [-0.25, -0.2) is 8.78 Å². The van der Waals surface area contributed by atoms with E-state index >= 15 is 0 Å². The van der Waals surface area contributed by atoms with Crippen LogP contribution >= 0.6 is 0 Å². The number of aryl methyl sites for hydroxylation is 1. The Hall–Kier alpha value is -3.54. The number of anilines is 1. The maximum absolute atomic E-state index is 14.1. The predicted molar refractivity (Wildman–Crippen MR) is 105 cm³/mol. The predicted octanol–water partition coefficient (Wildman–Crippen LogP) is 4.46. The molecule has 3 aromatic rings. The van der Waals surface area contributed by atoms with Gasteiger partial charge in [0.15, 0.2) is 0 Å². The van der Waals surface area contributed by atoms with Gasteiger partial charge in [0, 0.05) is 16.8 Å². The highest BCUT2D eigenvalue weighted by Gasteiger charge is 2.34. The summed E-state index contributed by atoms with van der Waals surface area (Å²) in [4.78, 5) is 27.3. The minimum absolute atomic E-state index is 0.217. The maximum Gasteiger partial charge on any atom is 0.255 e. The van der Waals surface area contributed by atoms with E-state index in [1.54, 1.807) is 30.3 Å². The first-order valence-corrected chi connectivity index (χ1v) is 9.15. The van der Waals surface area contributed by atoms with Gasteiger partial charge >= 0.3 is 0 Å². The lowest BCUT2D eigenvalue weighted by Crippen LogP contribution is -2.39. The van der Waals surface area contributed by atoms with Crippen LogP contribution in [0.5, 0.6) is 0 Å². The van der Waals surface area contributed by atoms with Gasteiger partial charge in [0.1, 0.15) is 18.2 Å². The number of hydrogen-bond acceptors (Lipinski definition) is 2. The number of rotatable bonds is 2. The fourth-order valence-corrected chi connectivity index (χ4v) is 3.61. The van der Waals surface area contributed by atoms with E-state index in [1.165, 1.54) is 35.2 Å². The summed E-state index contributed by atoms with van der Waals surface area (Å²) in [5.74, 6) is -1.67. The Labute approximate surface area is 166 Å². The van der Waals surface area contributed by atoms with Crippen molar-refractivity contribution in [1.82, 2.24) is 4.90 Å². The molecule has 3 aromatic carbocycles. The Balaban J connectivity index is 1.90. The van der Waals surface area contributed by atoms with E-state index in [9.17, 15) is 18.4 Å². The molecule has 0 saturated carbocycles. The number of benzene rings is 3. The van der Waals surface area contributed by atoms with Crippen LogP contribution in [-0.4, -0.2) is 23.3 Å². The molecular formula is C23H18F2N2O2. The van der Waals surface area contributed by atoms with Crippen LogP contribution in [0.25, 0.3) is 0 Å². The Kier molecular flexibility index (Phi) is 4.84. The Morgan fingerprint density at radius 1 is 1.00 bits per heavy atom. The van der Waals surface area contributed by atoms with Crippen LogP contribution in [0.15, 0.2) is 66.7 Å². The molecule has 0 spiro atoms. The van der Waals surface area contributed by atoms with Crippen LogP contribution in [0.4, 0.5) is 14.5 Å². The molecule has 0 saturated heterocycles. The second-order valence-electron chi connectivity index (χ2n) is 7.04. The highest BCUT2D eigenvalue weighted by Crippen LogP contribution is 2.37. The average molecular weight is 392 g/mol. The van der Waals surface area contributed by atoms with Crippen LogP contribution in [0.1, 0.15) is 33.1 Å². The summed E-state index contributed by atoms with van der Waals surface area (Å²) in [5, 5.41) is 2.73. The SMILES string of the molecule is Cc1cccc(C(=O)N2CC(=O)Nc3ccc(F)cc3[C@@H]2c2ccc(F)cc2)c1. The maximum atomic E-state index is 14.1. The molecule has 4 rings (SSSR count). The summed E-state index contributed by atoms with van der Waals surface area (Å²) >= 11 is 0. The zero-order valence-electron chi connectivity index (χ0n) is 15.7. The number of amides is 2. The molecule has 0 aromatic heterocycles. The van der Waals surface area contributed by atoms with Crippen molar-refractivity contribution in [2.45, 2.75) is 13.0 Å². The van der Waals surface area contributed by atoms with Gasteiger partial charge in [-0.05, 0) is 55.0 Å². The van der Waals surface area contributed by atoms with Gasteiger partial charge < -0.3 is 10.2 Å². The highest BCUT2D eigenvalue weighted by atomic mass is 19.1. The van der Waals surface area contributed by atoms with Crippen molar-refractivity contribution >= 4 is 17.5 Å². The summed E-state index contributed by atoms with van der Waals surface area (Å²) in [6, 6.07) is 16.0. The Bertz CT molecular complexity index is 1100. The van der Waals surface area contributed by atoms with Crippen molar-refractivity contribution in [3.05, 3.63) is 101 Å². The molecule has 1 heterocycles. The van der Waals surface area contributed by atoms with E-state index in [0.717, 1.165) is 5.56 Å². The fourth-order valence-electron chi connectivity index (χ4n) is 3.61. The summed E-state index contributed by atoms with van der Waals surface area (Å²) in [7, 11) is 0. The van der Waals surface area contributed by atoms with Crippen molar-refractivity contribution in [1.29, 1.82) is 0 Å². The van der Waals surface area contributed by atoms with E-state index in [0.29, 0.717) is 22.4 Å². The van der Waals surface area contributed by atoms with E-state index < -0.39 is 17.7 Å². The molecule has 0 fully saturated rings. The quantitative estimate of drug-likeness (QED) is 0.700. The van der Waals surface area contributed by atoms with E-state index in [2.05, 4.69) is 5.32 Å². The minimum atomic E-state index is -0.756. The summed E-state index contributed by atoms with van der Waals surface area (Å²) in [5.41, 5.74) is 2.76. The molecule has 1 aliphatic rings. The highest BCUT2D eigenvalue weighted by molar-refractivity contribution is 6.01. The number of carbonyl (C=O) groups is 2. The van der Waals surface area contributed by atoms with Gasteiger partial charge in [-0.1, -0.05) is 29.8 Å². The van der Waals surface area contributed by atoms with E-state index in [4.69, 9.17) is 0 Å². The molecule has 1 N–H and O–H groups in total. The summed E-state index contributed by atoms with van der Waals surface area (Å²) in [6.07, 6.45) is 0. The molecule has 4 nitrogen and oxygen atoms in total. The lowest BCUT2D eigenvalue weighted by molar-refractivity contribution is -0.117. The standard InChI is InChI=1S/C23H18F2N2O2/c1-14-3-2-4-16(11-14)23(29)27-13-21(28)26-20-10-9-18(25)12-19(20)22(27)15-5-7-17(24)8-6-15/h2-12,22H,13H2,1H3,(H,26,28)/t22-/m0/s1. The molecular weight excluding hydrogens is 374 g/mol. The van der Waals surface area contributed by atoms with E-state index in [1.807, 2.05) is 13.0 Å². The molecule has 6 heteroatoms.